The summed E-state index contributed by atoms with van der Waals surface area (Å²) in [5.41, 5.74) is 1.63. The summed E-state index contributed by atoms with van der Waals surface area (Å²) in [4.78, 5) is 37.8. The molecule has 0 aliphatic rings. The molecule has 8 heteroatoms. The zero-order valence-corrected chi connectivity index (χ0v) is 11.8. The van der Waals surface area contributed by atoms with E-state index in [0.717, 1.165) is 5.56 Å². The quantitative estimate of drug-likeness (QED) is 0.722. The molecule has 3 N–H and O–H groups in total. The maximum atomic E-state index is 12.1. The molecule has 1 amide bonds. The lowest BCUT2D eigenvalue weighted by molar-refractivity contribution is -0.140. The Morgan fingerprint density at radius 3 is 2.73 bits per heavy atom. The van der Waals surface area contributed by atoms with Crippen molar-refractivity contribution in [2.45, 2.75) is 25.8 Å². The highest BCUT2D eigenvalue weighted by molar-refractivity contribution is 5.95. The molecule has 2 aromatic rings. The van der Waals surface area contributed by atoms with Crippen LogP contribution >= 0.6 is 0 Å². The van der Waals surface area contributed by atoms with Crippen LogP contribution in [0.1, 0.15) is 28.9 Å². The van der Waals surface area contributed by atoms with Crippen molar-refractivity contribution >= 4 is 23.5 Å². The van der Waals surface area contributed by atoms with Crippen LogP contribution in [0.5, 0.6) is 0 Å². The number of imidazole rings is 1. The maximum absolute atomic E-state index is 12.1. The van der Waals surface area contributed by atoms with Gasteiger partial charge in [-0.25, -0.2) is 9.78 Å². The highest BCUT2D eigenvalue weighted by Crippen LogP contribution is 2.08. The normalized spacial score (nSPS) is 12.0. The summed E-state index contributed by atoms with van der Waals surface area (Å²) in [5.74, 6) is -3.06. The predicted molar refractivity (Wildman–Crippen MR) is 75.7 cm³/mol. The van der Waals surface area contributed by atoms with E-state index in [9.17, 15) is 14.4 Å². The topological polar surface area (TPSA) is 121 Å². The van der Waals surface area contributed by atoms with Gasteiger partial charge in [-0.3, -0.25) is 9.59 Å². The first-order valence-electron chi connectivity index (χ1n) is 6.57. The third-order valence-electron chi connectivity index (χ3n) is 3.10. The second-order valence-electron chi connectivity index (χ2n) is 4.89. The number of nitrogens with one attached hydrogen (secondary N) is 1. The number of pyridine rings is 1. The fourth-order valence-corrected chi connectivity index (χ4v) is 1.95. The van der Waals surface area contributed by atoms with E-state index in [1.54, 1.807) is 16.7 Å². The molecule has 0 aliphatic heterocycles. The minimum Gasteiger partial charge on any atom is -0.481 e. The first-order valence-corrected chi connectivity index (χ1v) is 6.57. The molecular formula is C14H15N3O5. The molecule has 0 saturated heterocycles. The Morgan fingerprint density at radius 2 is 2.09 bits per heavy atom. The van der Waals surface area contributed by atoms with Crippen molar-refractivity contribution in [2.24, 2.45) is 0 Å². The third kappa shape index (κ3) is 3.60. The number of aryl methyl sites for hydroxylation is 1. The molecule has 0 saturated carbocycles. The van der Waals surface area contributed by atoms with E-state index < -0.39 is 23.9 Å². The number of aliphatic carboxylic acids is 2. The van der Waals surface area contributed by atoms with Gasteiger partial charge in [0.2, 0.25) is 0 Å². The lowest BCUT2D eigenvalue weighted by atomic mass is 10.1. The van der Waals surface area contributed by atoms with Gasteiger partial charge in [-0.15, -0.1) is 0 Å². The summed E-state index contributed by atoms with van der Waals surface area (Å²) >= 11 is 0. The minimum absolute atomic E-state index is 0.0761. The van der Waals surface area contributed by atoms with Gasteiger partial charge in [-0.05, 0) is 31.0 Å². The van der Waals surface area contributed by atoms with Crippen molar-refractivity contribution in [3.8, 4) is 0 Å². The Bertz CT molecular complexity index is 737. The number of carbonyl (C=O) groups excluding carboxylic acids is 1. The van der Waals surface area contributed by atoms with Crippen molar-refractivity contribution in [1.29, 1.82) is 0 Å². The van der Waals surface area contributed by atoms with Crippen LogP contribution in [0.25, 0.3) is 5.65 Å². The van der Waals surface area contributed by atoms with Gasteiger partial charge in [0.1, 0.15) is 17.4 Å². The van der Waals surface area contributed by atoms with Crippen molar-refractivity contribution in [3.05, 3.63) is 35.8 Å². The summed E-state index contributed by atoms with van der Waals surface area (Å²) < 4.78 is 1.65. The van der Waals surface area contributed by atoms with Gasteiger partial charge in [0.15, 0.2) is 0 Å². The average Bonchev–Trinajstić information content (AvgIpc) is 2.85. The monoisotopic (exact) mass is 305 g/mol. The fourth-order valence-electron chi connectivity index (χ4n) is 1.95. The second kappa shape index (κ2) is 6.25. The van der Waals surface area contributed by atoms with Gasteiger partial charge in [0, 0.05) is 18.8 Å². The van der Waals surface area contributed by atoms with Gasteiger partial charge < -0.3 is 19.9 Å². The van der Waals surface area contributed by atoms with Gasteiger partial charge in [-0.2, -0.15) is 0 Å². The molecule has 2 heterocycles. The van der Waals surface area contributed by atoms with Crippen molar-refractivity contribution in [1.82, 2.24) is 14.7 Å². The van der Waals surface area contributed by atoms with Crippen LogP contribution < -0.4 is 5.32 Å². The van der Waals surface area contributed by atoms with Gasteiger partial charge in [-0.1, -0.05) is 0 Å². The number of nitrogens with zero attached hydrogens (tertiary/aromatic N) is 2. The number of carboxylic acids is 2. The molecule has 116 valence electrons. The van der Waals surface area contributed by atoms with Gasteiger partial charge >= 0.3 is 11.9 Å². The number of fused-ring (bicyclic) bond motifs is 1. The molecule has 0 fully saturated rings. The molecule has 22 heavy (non-hydrogen) atoms. The highest BCUT2D eigenvalue weighted by atomic mass is 16.4. The molecule has 1 atom stereocenters. The highest BCUT2D eigenvalue weighted by Gasteiger charge is 2.22. The van der Waals surface area contributed by atoms with Crippen LogP contribution in [-0.2, 0) is 9.59 Å². The maximum Gasteiger partial charge on any atom is 0.326 e. The van der Waals surface area contributed by atoms with E-state index in [1.807, 2.05) is 13.0 Å². The number of amides is 1. The van der Waals surface area contributed by atoms with E-state index in [2.05, 4.69) is 10.3 Å². The van der Waals surface area contributed by atoms with E-state index in [-0.39, 0.29) is 18.5 Å². The van der Waals surface area contributed by atoms with Crippen LogP contribution in [0.4, 0.5) is 0 Å². The van der Waals surface area contributed by atoms with Crippen molar-refractivity contribution < 1.29 is 24.6 Å². The average molecular weight is 305 g/mol. The van der Waals surface area contributed by atoms with Gasteiger partial charge in [0.25, 0.3) is 5.91 Å². The van der Waals surface area contributed by atoms with E-state index in [4.69, 9.17) is 10.2 Å². The molecular weight excluding hydrogens is 290 g/mol. The van der Waals surface area contributed by atoms with Gasteiger partial charge in [0.05, 0.1) is 0 Å². The molecule has 1 unspecified atom stereocenters. The van der Waals surface area contributed by atoms with Crippen LogP contribution in [0.15, 0.2) is 24.5 Å². The number of aromatic nitrogens is 2. The van der Waals surface area contributed by atoms with E-state index >= 15 is 0 Å². The summed E-state index contributed by atoms with van der Waals surface area (Å²) in [7, 11) is 0. The minimum atomic E-state index is -1.28. The van der Waals surface area contributed by atoms with Crippen molar-refractivity contribution in [2.75, 3.05) is 0 Å². The Kier molecular flexibility index (Phi) is 4.40. The third-order valence-corrected chi connectivity index (χ3v) is 3.10. The first-order chi connectivity index (χ1) is 10.4. The van der Waals surface area contributed by atoms with Crippen LogP contribution in [0.2, 0.25) is 0 Å². The molecule has 2 aromatic heterocycles. The molecule has 0 radical (unpaired) electrons. The molecule has 0 aliphatic carbocycles. The molecule has 0 spiro atoms. The molecule has 2 rings (SSSR count). The lowest BCUT2D eigenvalue weighted by Crippen LogP contribution is -2.41. The molecule has 8 nitrogen and oxygen atoms in total. The summed E-state index contributed by atoms with van der Waals surface area (Å²) in [5, 5.41) is 19.9. The van der Waals surface area contributed by atoms with Crippen molar-refractivity contribution in [3.63, 3.8) is 0 Å². The first kappa shape index (κ1) is 15.5. The van der Waals surface area contributed by atoms with Crippen LogP contribution in [-0.4, -0.2) is 43.5 Å². The molecule has 0 aromatic carbocycles. The number of carbonyl (C=O) groups is 3. The van der Waals surface area contributed by atoms with Crippen LogP contribution in [0.3, 0.4) is 0 Å². The SMILES string of the molecule is Cc1ccn2cc(C(=O)NC(CCC(=O)O)C(=O)O)nc2c1. The van der Waals surface area contributed by atoms with E-state index in [1.165, 1.54) is 6.20 Å². The Morgan fingerprint density at radius 1 is 1.36 bits per heavy atom. The van der Waals surface area contributed by atoms with E-state index in [0.29, 0.717) is 5.65 Å². The fraction of sp³-hybridized carbons (Fsp3) is 0.286. The number of hydrogen-bond acceptors (Lipinski definition) is 4. The summed E-state index contributed by atoms with van der Waals surface area (Å²) in [6.45, 7) is 1.89. The zero-order valence-electron chi connectivity index (χ0n) is 11.8. The van der Waals surface area contributed by atoms with Crippen LogP contribution in [0, 0.1) is 6.92 Å². The smallest absolute Gasteiger partial charge is 0.326 e. The number of hydrogen-bond donors (Lipinski definition) is 3. The summed E-state index contributed by atoms with van der Waals surface area (Å²) in [6.07, 6.45) is 2.69. The largest absolute Gasteiger partial charge is 0.481 e. The Balaban J connectivity index is 2.14. The number of carboxylic acid groups (broad SMARTS) is 2. The summed E-state index contributed by atoms with van der Waals surface area (Å²) in [6, 6.07) is 2.37. The Hall–Kier alpha value is -2.90. The Labute approximate surface area is 125 Å². The zero-order chi connectivity index (χ0) is 16.3. The standard InChI is InChI=1S/C14H15N3O5/c1-8-4-5-17-7-10(15-11(17)6-8)13(20)16-9(14(21)22)2-3-12(18)19/h4-7,9H,2-3H2,1H3,(H,16,20)(H,18,19)(H,21,22). The lowest BCUT2D eigenvalue weighted by Gasteiger charge is -2.12. The molecule has 0 bridgehead atoms. The second-order valence-corrected chi connectivity index (χ2v) is 4.89. The number of rotatable bonds is 6. The predicted octanol–water partition coefficient (Wildman–Crippen LogP) is 0.691.